The highest BCUT2D eigenvalue weighted by molar-refractivity contribution is 6.31. The van der Waals surface area contributed by atoms with Crippen LogP contribution in [-0.2, 0) is 6.54 Å². The summed E-state index contributed by atoms with van der Waals surface area (Å²) in [5, 5.41) is 0.640. The quantitative estimate of drug-likeness (QED) is 0.883. The van der Waals surface area contributed by atoms with E-state index in [9.17, 15) is 4.79 Å². The Labute approximate surface area is 129 Å². The minimum Gasteiger partial charge on any atom is -0.496 e. The highest BCUT2D eigenvalue weighted by Crippen LogP contribution is 2.24. The highest BCUT2D eigenvalue weighted by atomic mass is 35.5. The van der Waals surface area contributed by atoms with E-state index in [1.165, 1.54) is 7.11 Å². The molecule has 0 aliphatic carbocycles. The topological polar surface area (TPSA) is 55.6 Å². The molecule has 0 aromatic heterocycles. The summed E-state index contributed by atoms with van der Waals surface area (Å²) in [5.74, 6) is 0.317. The maximum Gasteiger partial charge on any atom is 0.257 e. The average Bonchev–Trinajstić information content (AvgIpc) is 2.48. The van der Waals surface area contributed by atoms with Crippen molar-refractivity contribution in [1.82, 2.24) is 4.90 Å². The number of nitrogen functional groups attached to an aromatic ring is 1. The van der Waals surface area contributed by atoms with Crippen molar-refractivity contribution in [2.45, 2.75) is 6.54 Å². The number of carbonyl (C=O) groups excluding carboxylic acids is 1. The van der Waals surface area contributed by atoms with E-state index in [0.717, 1.165) is 5.56 Å². The molecule has 0 atom stereocenters. The van der Waals surface area contributed by atoms with Gasteiger partial charge in [-0.1, -0.05) is 29.8 Å². The fraction of sp³-hybridized carbons (Fsp3) is 0.188. The number of amides is 1. The number of ether oxygens (including phenoxy) is 1. The fourth-order valence-corrected chi connectivity index (χ4v) is 2.24. The van der Waals surface area contributed by atoms with Crippen molar-refractivity contribution in [1.29, 1.82) is 0 Å². The van der Waals surface area contributed by atoms with Gasteiger partial charge in [0.2, 0.25) is 0 Å². The van der Waals surface area contributed by atoms with E-state index in [2.05, 4.69) is 0 Å². The largest absolute Gasteiger partial charge is 0.496 e. The van der Waals surface area contributed by atoms with Crippen molar-refractivity contribution in [3.63, 3.8) is 0 Å². The number of carbonyl (C=O) groups is 1. The first-order valence-electron chi connectivity index (χ1n) is 6.45. The number of nitrogens with two attached hydrogens (primary N) is 1. The molecule has 4 nitrogen and oxygen atoms in total. The highest BCUT2D eigenvalue weighted by Gasteiger charge is 2.17. The Morgan fingerprint density at radius 2 is 2.00 bits per heavy atom. The number of hydrogen-bond donors (Lipinski definition) is 1. The molecule has 5 heteroatoms. The SMILES string of the molecule is COc1cc(N)ccc1C(=O)N(C)Cc1ccccc1Cl. The molecule has 21 heavy (non-hydrogen) atoms. The lowest BCUT2D eigenvalue weighted by molar-refractivity contribution is 0.0782. The van der Waals surface area contributed by atoms with Gasteiger partial charge in [0, 0.05) is 30.4 Å². The van der Waals surface area contributed by atoms with Gasteiger partial charge in [-0.25, -0.2) is 0 Å². The summed E-state index contributed by atoms with van der Waals surface area (Å²) < 4.78 is 5.22. The summed E-state index contributed by atoms with van der Waals surface area (Å²) in [6.07, 6.45) is 0. The number of methoxy groups -OCH3 is 1. The molecule has 1 amide bonds. The minimum absolute atomic E-state index is 0.147. The van der Waals surface area contributed by atoms with Crippen molar-refractivity contribution < 1.29 is 9.53 Å². The normalized spacial score (nSPS) is 10.2. The Balaban J connectivity index is 2.22. The standard InChI is InChI=1S/C16H17ClN2O2/c1-19(10-11-5-3-4-6-14(11)17)16(20)13-8-7-12(18)9-15(13)21-2/h3-9H,10,18H2,1-2H3. The maximum absolute atomic E-state index is 12.5. The van der Waals surface area contributed by atoms with E-state index in [1.807, 2.05) is 18.2 Å². The van der Waals surface area contributed by atoms with Gasteiger partial charge in [-0.2, -0.15) is 0 Å². The van der Waals surface area contributed by atoms with Crippen molar-refractivity contribution in [3.05, 3.63) is 58.6 Å². The Hall–Kier alpha value is -2.20. The third-order valence-corrected chi connectivity index (χ3v) is 3.54. The van der Waals surface area contributed by atoms with Gasteiger partial charge in [0.15, 0.2) is 0 Å². The number of hydrogen-bond acceptors (Lipinski definition) is 3. The molecule has 0 aliphatic heterocycles. The van der Waals surface area contributed by atoms with Crippen LogP contribution >= 0.6 is 11.6 Å². The Kier molecular flexibility index (Phi) is 4.70. The van der Waals surface area contributed by atoms with Crippen molar-refractivity contribution in [3.8, 4) is 5.75 Å². The van der Waals surface area contributed by atoms with Crippen LogP contribution in [0.3, 0.4) is 0 Å². The fourth-order valence-electron chi connectivity index (χ4n) is 2.04. The molecule has 0 spiro atoms. The van der Waals surface area contributed by atoms with Gasteiger partial charge in [0.1, 0.15) is 5.75 Å². The molecule has 0 radical (unpaired) electrons. The number of rotatable bonds is 4. The predicted octanol–water partition coefficient (Wildman–Crippen LogP) is 3.20. The molecule has 0 bridgehead atoms. The third-order valence-electron chi connectivity index (χ3n) is 3.17. The number of halogens is 1. The maximum atomic E-state index is 12.5. The molecular weight excluding hydrogens is 288 g/mol. The third kappa shape index (κ3) is 3.47. The summed E-state index contributed by atoms with van der Waals surface area (Å²) in [6.45, 7) is 0.423. The molecule has 2 N–H and O–H groups in total. The zero-order valence-corrected chi connectivity index (χ0v) is 12.7. The summed E-state index contributed by atoms with van der Waals surface area (Å²) in [6, 6.07) is 12.4. The molecule has 2 rings (SSSR count). The van der Waals surface area contributed by atoms with Gasteiger partial charge in [0.05, 0.1) is 12.7 Å². The lowest BCUT2D eigenvalue weighted by atomic mass is 10.1. The molecule has 110 valence electrons. The second-order valence-electron chi connectivity index (χ2n) is 4.71. The van der Waals surface area contributed by atoms with E-state index in [4.69, 9.17) is 22.1 Å². The zero-order valence-electron chi connectivity index (χ0n) is 12.0. The zero-order chi connectivity index (χ0) is 15.4. The van der Waals surface area contributed by atoms with Crippen LogP contribution in [-0.4, -0.2) is 25.0 Å². The number of nitrogens with zero attached hydrogens (tertiary/aromatic N) is 1. The van der Waals surface area contributed by atoms with Gasteiger partial charge in [-0.3, -0.25) is 4.79 Å². The smallest absolute Gasteiger partial charge is 0.257 e. The van der Waals surface area contributed by atoms with Crippen LogP contribution in [0.2, 0.25) is 5.02 Å². The van der Waals surface area contributed by atoms with Crippen LogP contribution in [0.15, 0.2) is 42.5 Å². The second kappa shape index (κ2) is 6.50. The van der Waals surface area contributed by atoms with E-state index < -0.39 is 0 Å². The molecular formula is C16H17ClN2O2. The summed E-state index contributed by atoms with van der Waals surface area (Å²) >= 11 is 6.12. The first-order valence-corrected chi connectivity index (χ1v) is 6.83. The molecule has 0 heterocycles. The van der Waals surface area contributed by atoms with Crippen LogP contribution < -0.4 is 10.5 Å². The first kappa shape index (κ1) is 15.2. The van der Waals surface area contributed by atoms with Crippen molar-refractivity contribution in [2.24, 2.45) is 0 Å². The van der Waals surface area contributed by atoms with Crippen LogP contribution in [0.5, 0.6) is 5.75 Å². The molecule has 2 aromatic rings. The molecule has 0 unspecified atom stereocenters. The van der Waals surface area contributed by atoms with Crippen LogP contribution in [0, 0.1) is 0 Å². The molecule has 2 aromatic carbocycles. The summed E-state index contributed by atoms with van der Waals surface area (Å²) in [4.78, 5) is 14.1. The lowest BCUT2D eigenvalue weighted by Gasteiger charge is -2.19. The van der Waals surface area contributed by atoms with Crippen LogP contribution in [0.4, 0.5) is 5.69 Å². The van der Waals surface area contributed by atoms with Crippen LogP contribution in [0.25, 0.3) is 0 Å². The molecule has 0 saturated heterocycles. The van der Waals surface area contributed by atoms with Gasteiger partial charge in [-0.05, 0) is 23.8 Å². The van der Waals surface area contributed by atoms with Gasteiger partial charge in [0.25, 0.3) is 5.91 Å². The average molecular weight is 305 g/mol. The number of benzene rings is 2. The molecule has 0 fully saturated rings. The minimum atomic E-state index is -0.147. The predicted molar refractivity (Wildman–Crippen MR) is 84.7 cm³/mol. The van der Waals surface area contributed by atoms with Gasteiger partial charge >= 0.3 is 0 Å². The Morgan fingerprint density at radius 1 is 1.29 bits per heavy atom. The second-order valence-corrected chi connectivity index (χ2v) is 5.12. The van der Waals surface area contributed by atoms with Crippen molar-refractivity contribution in [2.75, 3.05) is 19.9 Å². The first-order chi connectivity index (χ1) is 10.0. The van der Waals surface area contributed by atoms with E-state index >= 15 is 0 Å². The van der Waals surface area contributed by atoms with Gasteiger partial charge in [-0.15, -0.1) is 0 Å². The Morgan fingerprint density at radius 3 is 2.67 bits per heavy atom. The van der Waals surface area contributed by atoms with Crippen molar-refractivity contribution >= 4 is 23.2 Å². The van der Waals surface area contributed by atoms with Crippen LogP contribution in [0.1, 0.15) is 15.9 Å². The lowest BCUT2D eigenvalue weighted by Crippen LogP contribution is -2.26. The van der Waals surface area contributed by atoms with E-state index in [1.54, 1.807) is 36.2 Å². The molecule has 0 aliphatic rings. The Bertz CT molecular complexity index is 658. The summed E-state index contributed by atoms with van der Waals surface area (Å²) in [5.41, 5.74) is 7.62. The monoisotopic (exact) mass is 304 g/mol. The molecule has 0 saturated carbocycles. The van der Waals surface area contributed by atoms with E-state index in [0.29, 0.717) is 28.6 Å². The van der Waals surface area contributed by atoms with E-state index in [-0.39, 0.29) is 5.91 Å². The van der Waals surface area contributed by atoms with Gasteiger partial charge < -0.3 is 15.4 Å². The number of anilines is 1. The summed E-state index contributed by atoms with van der Waals surface area (Å²) in [7, 11) is 3.24.